The molecule has 0 radical (unpaired) electrons. The van der Waals surface area contributed by atoms with E-state index in [1.807, 2.05) is 19.9 Å². The van der Waals surface area contributed by atoms with Crippen molar-refractivity contribution in [2.45, 2.75) is 20.8 Å². The van der Waals surface area contributed by atoms with Crippen LogP contribution in [0.15, 0.2) is 6.07 Å². The van der Waals surface area contributed by atoms with E-state index in [4.69, 9.17) is 4.74 Å². The lowest BCUT2D eigenvalue weighted by molar-refractivity contribution is 0.0606. The first-order chi connectivity index (χ1) is 8.02. The first-order valence-electron chi connectivity index (χ1n) is 5.16. The Morgan fingerprint density at radius 2 is 1.94 bits per heavy atom. The van der Waals surface area contributed by atoms with Gasteiger partial charge in [-0.05, 0) is 26.8 Å². The quantitative estimate of drug-likeness (QED) is 0.781. The van der Waals surface area contributed by atoms with E-state index < -0.39 is 0 Å². The maximum absolute atomic E-state index is 11.5. The van der Waals surface area contributed by atoms with Gasteiger partial charge in [0.25, 0.3) is 0 Å². The topological polar surface area (TPSA) is 39.2 Å². The third kappa shape index (κ3) is 2.25. The van der Waals surface area contributed by atoms with Gasteiger partial charge in [-0.3, -0.25) is 0 Å². The van der Waals surface area contributed by atoms with Gasteiger partial charge in [0.05, 0.1) is 12.8 Å². The number of rotatable bonds is 2. The minimum Gasteiger partial charge on any atom is -0.465 e. The molecule has 17 heavy (non-hydrogen) atoms. The highest BCUT2D eigenvalue weighted by Crippen LogP contribution is 2.34. The number of ether oxygens (including phenoxy) is 1. The van der Waals surface area contributed by atoms with Gasteiger partial charge in [0.1, 0.15) is 9.88 Å². The second-order valence-electron chi connectivity index (χ2n) is 3.73. The van der Waals surface area contributed by atoms with E-state index in [1.54, 1.807) is 11.3 Å². The average molecular weight is 267 g/mol. The molecule has 2 aromatic heterocycles. The summed E-state index contributed by atoms with van der Waals surface area (Å²) in [7, 11) is 1.40. The van der Waals surface area contributed by atoms with Crippen LogP contribution >= 0.6 is 22.7 Å². The predicted octanol–water partition coefficient (Wildman–Crippen LogP) is 3.58. The Morgan fingerprint density at radius 3 is 2.47 bits per heavy atom. The summed E-state index contributed by atoms with van der Waals surface area (Å²) in [6.07, 6.45) is 0. The minimum absolute atomic E-state index is 0.283. The Balaban J connectivity index is 2.46. The van der Waals surface area contributed by atoms with Crippen molar-refractivity contribution in [2.75, 3.05) is 7.11 Å². The summed E-state index contributed by atoms with van der Waals surface area (Å²) in [4.78, 5) is 18.9. The van der Waals surface area contributed by atoms with Gasteiger partial charge in [-0.25, -0.2) is 9.78 Å². The van der Waals surface area contributed by atoms with Crippen LogP contribution in [0.4, 0.5) is 0 Å². The molecule has 3 nitrogen and oxygen atoms in total. The SMILES string of the molecule is COC(=O)c1cc(-c2nc(C)c(C)s2)c(C)s1. The van der Waals surface area contributed by atoms with Crippen molar-refractivity contribution in [1.82, 2.24) is 4.98 Å². The molecule has 0 aliphatic carbocycles. The fraction of sp³-hybridized carbons (Fsp3) is 0.333. The number of aromatic nitrogens is 1. The summed E-state index contributed by atoms with van der Waals surface area (Å²) < 4.78 is 4.72. The van der Waals surface area contributed by atoms with Crippen molar-refractivity contribution in [3.05, 3.63) is 26.4 Å². The molecule has 2 aromatic rings. The molecule has 2 rings (SSSR count). The van der Waals surface area contributed by atoms with Crippen molar-refractivity contribution in [2.24, 2.45) is 0 Å². The van der Waals surface area contributed by atoms with E-state index in [1.165, 1.54) is 23.3 Å². The van der Waals surface area contributed by atoms with E-state index in [2.05, 4.69) is 11.9 Å². The van der Waals surface area contributed by atoms with E-state index in [0.717, 1.165) is 21.1 Å². The smallest absolute Gasteiger partial charge is 0.348 e. The summed E-state index contributed by atoms with van der Waals surface area (Å²) >= 11 is 3.11. The molecule has 0 spiro atoms. The van der Waals surface area contributed by atoms with Crippen molar-refractivity contribution >= 4 is 28.6 Å². The van der Waals surface area contributed by atoms with Crippen LogP contribution in [0.25, 0.3) is 10.6 Å². The molecule has 0 saturated heterocycles. The molecule has 0 saturated carbocycles. The summed E-state index contributed by atoms with van der Waals surface area (Å²) in [6, 6.07) is 1.86. The number of thiophene rings is 1. The zero-order valence-electron chi connectivity index (χ0n) is 10.2. The third-order valence-electron chi connectivity index (χ3n) is 2.56. The number of aryl methyl sites for hydroxylation is 3. The molecule has 0 unspecified atom stereocenters. The van der Waals surface area contributed by atoms with E-state index in [0.29, 0.717) is 4.88 Å². The Labute approximate surface area is 108 Å². The molecule has 0 fully saturated rings. The number of hydrogen-bond acceptors (Lipinski definition) is 5. The first kappa shape index (κ1) is 12.3. The Morgan fingerprint density at radius 1 is 1.24 bits per heavy atom. The molecule has 0 aliphatic rings. The van der Waals surface area contributed by atoms with Gasteiger partial charge in [0.2, 0.25) is 0 Å². The van der Waals surface area contributed by atoms with Gasteiger partial charge in [-0.15, -0.1) is 22.7 Å². The normalized spacial score (nSPS) is 10.6. The highest BCUT2D eigenvalue weighted by molar-refractivity contribution is 7.17. The predicted molar refractivity (Wildman–Crippen MR) is 71.0 cm³/mol. The lowest BCUT2D eigenvalue weighted by Gasteiger charge is -1.92. The zero-order valence-corrected chi connectivity index (χ0v) is 11.8. The fourth-order valence-electron chi connectivity index (χ4n) is 1.48. The van der Waals surface area contributed by atoms with Gasteiger partial charge in [0, 0.05) is 15.3 Å². The summed E-state index contributed by atoms with van der Waals surface area (Å²) in [5.41, 5.74) is 2.09. The molecule has 2 heterocycles. The van der Waals surface area contributed by atoms with Crippen LogP contribution < -0.4 is 0 Å². The van der Waals surface area contributed by atoms with Gasteiger partial charge in [-0.2, -0.15) is 0 Å². The highest BCUT2D eigenvalue weighted by Gasteiger charge is 2.16. The van der Waals surface area contributed by atoms with Crippen LogP contribution in [0.5, 0.6) is 0 Å². The fourth-order valence-corrected chi connectivity index (χ4v) is 3.47. The molecular weight excluding hydrogens is 254 g/mol. The van der Waals surface area contributed by atoms with Crippen LogP contribution in [0.3, 0.4) is 0 Å². The standard InChI is InChI=1S/C12H13NO2S2/c1-6-7(2)17-11(13-6)9-5-10(12(14)15-4)16-8(9)3/h5H,1-4H3. The minimum atomic E-state index is -0.283. The number of nitrogens with zero attached hydrogens (tertiary/aromatic N) is 1. The largest absolute Gasteiger partial charge is 0.465 e. The molecule has 0 amide bonds. The second kappa shape index (κ2) is 4.58. The number of carbonyl (C=O) groups is 1. The van der Waals surface area contributed by atoms with Crippen molar-refractivity contribution < 1.29 is 9.53 Å². The second-order valence-corrected chi connectivity index (χ2v) is 6.19. The van der Waals surface area contributed by atoms with Crippen LogP contribution in [0.1, 0.15) is 25.1 Å². The van der Waals surface area contributed by atoms with Crippen molar-refractivity contribution in [1.29, 1.82) is 0 Å². The van der Waals surface area contributed by atoms with E-state index in [9.17, 15) is 4.79 Å². The number of methoxy groups -OCH3 is 1. The van der Waals surface area contributed by atoms with Crippen LogP contribution in [0, 0.1) is 20.8 Å². The van der Waals surface area contributed by atoms with Gasteiger partial charge >= 0.3 is 5.97 Å². The lowest BCUT2D eigenvalue weighted by atomic mass is 10.2. The van der Waals surface area contributed by atoms with Crippen molar-refractivity contribution in [3.8, 4) is 10.6 Å². The number of carbonyl (C=O) groups excluding carboxylic acids is 1. The monoisotopic (exact) mass is 267 g/mol. The molecule has 90 valence electrons. The van der Waals surface area contributed by atoms with E-state index >= 15 is 0 Å². The molecular formula is C12H13NO2S2. The maximum Gasteiger partial charge on any atom is 0.348 e. The highest BCUT2D eigenvalue weighted by atomic mass is 32.1. The molecule has 0 N–H and O–H groups in total. The Bertz CT molecular complexity index is 550. The van der Waals surface area contributed by atoms with Gasteiger partial charge in [-0.1, -0.05) is 0 Å². The molecule has 0 atom stereocenters. The van der Waals surface area contributed by atoms with Crippen molar-refractivity contribution in [3.63, 3.8) is 0 Å². The van der Waals surface area contributed by atoms with Crippen LogP contribution in [-0.4, -0.2) is 18.1 Å². The lowest BCUT2D eigenvalue weighted by Crippen LogP contribution is -1.96. The number of hydrogen-bond donors (Lipinski definition) is 0. The Kier molecular flexibility index (Phi) is 3.31. The molecule has 0 bridgehead atoms. The maximum atomic E-state index is 11.5. The van der Waals surface area contributed by atoms with E-state index in [-0.39, 0.29) is 5.97 Å². The summed E-state index contributed by atoms with van der Waals surface area (Å²) in [5.74, 6) is -0.283. The molecule has 5 heteroatoms. The first-order valence-corrected chi connectivity index (χ1v) is 6.79. The van der Waals surface area contributed by atoms with Gasteiger partial charge < -0.3 is 4.74 Å². The summed E-state index contributed by atoms with van der Waals surface area (Å²) in [6.45, 7) is 6.05. The average Bonchev–Trinajstić information content (AvgIpc) is 2.82. The van der Waals surface area contributed by atoms with Crippen LogP contribution in [0.2, 0.25) is 0 Å². The molecule has 0 aromatic carbocycles. The Hall–Kier alpha value is -1.20. The number of esters is 1. The van der Waals surface area contributed by atoms with Crippen LogP contribution in [-0.2, 0) is 4.74 Å². The molecule has 0 aliphatic heterocycles. The zero-order chi connectivity index (χ0) is 12.6. The number of thiazole rings is 1. The van der Waals surface area contributed by atoms with Gasteiger partial charge in [0.15, 0.2) is 0 Å². The summed E-state index contributed by atoms with van der Waals surface area (Å²) in [5, 5.41) is 0.976. The third-order valence-corrected chi connectivity index (χ3v) is 4.70.